The third-order valence-electron chi connectivity index (χ3n) is 2.39. The zero-order chi connectivity index (χ0) is 13.5. The van der Waals surface area contributed by atoms with Gasteiger partial charge in [-0.2, -0.15) is 0 Å². The lowest BCUT2D eigenvalue weighted by molar-refractivity contribution is 0.0697. The molecule has 3 aromatic rings. The largest absolute Gasteiger partial charge is 0.478 e. The Morgan fingerprint density at radius 3 is 1.74 bits per heavy atom. The van der Waals surface area contributed by atoms with Crippen LogP contribution in [0.2, 0.25) is 0 Å². The second-order valence-electron chi connectivity index (χ2n) is 3.72. The molecule has 2 aromatic heterocycles. The number of aromatic carboxylic acids is 1. The fraction of sp³-hybridized carbons (Fsp3) is 0. The van der Waals surface area contributed by atoms with E-state index in [0.29, 0.717) is 5.56 Å². The number of carbonyl (C=O) groups is 1. The average Bonchev–Trinajstić information content (AvgIpc) is 2.49. The van der Waals surface area contributed by atoms with Crippen LogP contribution >= 0.6 is 0 Å². The molecule has 4 nitrogen and oxygen atoms in total. The van der Waals surface area contributed by atoms with E-state index in [1.165, 1.54) is 0 Å². The first-order valence-corrected chi connectivity index (χ1v) is 5.71. The van der Waals surface area contributed by atoms with Crippen molar-refractivity contribution in [3.63, 3.8) is 0 Å². The SMILES string of the molecule is O=C(O)c1ccccc1.c1cnc2cccnc2c1. The summed E-state index contributed by atoms with van der Waals surface area (Å²) >= 11 is 0. The summed E-state index contributed by atoms with van der Waals surface area (Å²) in [6, 6.07) is 16.0. The number of hydrogen-bond donors (Lipinski definition) is 1. The molecule has 0 spiro atoms. The minimum atomic E-state index is -0.879. The second-order valence-corrected chi connectivity index (χ2v) is 3.72. The van der Waals surface area contributed by atoms with Crippen molar-refractivity contribution < 1.29 is 9.90 Å². The smallest absolute Gasteiger partial charge is 0.335 e. The molecular formula is C15H12N2O2. The highest BCUT2D eigenvalue weighted by Gasteiger charge is 1.96. The Hall–Kier alpha value is -2.75. The van der Waals surface area contributed by atoms with E-state index < -0.39 is 5.97 Å². The molecule has 19 heavy (non-hydrogen) atoms. The number of fused-ring (bicyclic) bond motifs is 1. The molecule has 94 valence electrons. The molecule has 0 aliphatic heterocycles. The Kier molecular flexibility index (Phi) is 4.18. The third kappa shape index (κ3) is 3.61. The lowest BCUT2D eigenvalue weighted by Gasteiger charge is -1.90. The van der Waals surface area contributed by atoms with Gasteiger partial charge in [-0.25, -0.2) is 4.79 Å². The van der Waals surface area contributed by atoms with Gasteiger partial charge in [0.25, 0.3) is 0 Å². The Bertz CT molecular complexity index is 604. The summed E-state index contributed by atoms with van der Waals surface area (Å²) in [4.78, 5) is 18.4. The van der Waals surface area contributed by atoms with Crippen LogP contribution in [-0.2, 0) is 0 Å². The molecular weight excluding hydrogens is 240 g/mol. The molecule has 0 saturated heterocycles. The standard InChI is InChI=1S/C8H6N2.C7H6O2/c1-3-7-8(9-5-1)4-2-6-10-7;8-7(9)6-4-2-1-3-5-6/h1-6H;1-5H,(H,8,9). The number of carboxylic acid groups (broad SMARTS) is 1. The van der Waals surface area contributed by atoms with Crippen molar-refractivity contribution in [1.82, 2.24) is 9.97 Å². The highest BCUT2D eigenvalue weighted by Crippen LogP contribution is 2.04. The number of nitrogens with zero attached hydrogens (tertiary/aromatic N) is 2. The maximum absolute atomic E-state index is 10.2. The first-order valence-electron chi connectivity index (χ1n) is 5.71. The van der Waals surface area contributed by atoms with Gasteiger partial charge in [-0.05, 0) is 36.4 Å². The number of pyridine rings is 2. The average molecular weight is 252 g/mol. The van der Waals surface area contributed by atoms with Crippen LogP contribution < -0.4 is 0 Å². The van der Waals surface area contributed by atoms with Crippen LogP contribution in [0.1, 0.15) is 10.4 Å². The van der Waals surface area contributed by atoms with Gasteiger partial charge in [-0.1, -0.05) is 18.2 Å². The summed E-state index contributed by atoms with van der Waals surface area (Å²) in [6.07, 6.45) is 3.54. The van der Waals surface area contributed by atoms with Gasteiger partial charge < -0.3 is 5.11 Å². The highest BCUT2D eigenvalue weighted by atomic mass is 16.4. The molecule has 0 fully saturated rings. The van der Waals surface area contributed by atoms with Crippen LogP contribution in [-0.4, -0.2) is 21.0 Å². The van der Waals surface area contributed by atoms with Crippen molar-refractivity contribution in [2.45, 2.75) is 0 Å². The topological polar surface area (TPSA) is 63.1 Å². The van der Waals surface area contributed by atoms with E-state index in [4.69, 9.17) is 5.11 Å². The van der Waals surface area contributed by atoms with Crippen molar-refractivity contribution in [3.05, 3.63) is 72.6 Å². The molecule has 0 radical (unpaired) electrons. The Balaban J connectivity index is 0.000000141. The predicted octanol–water partition coefficient (Wildman–Crippen LogP) is 3.01. The molecule has 0 aliphatic carbocycles. The summed E-state index contributed by atoms with van der Waals surface area (Å²) < 4.78 is 0. The van der Waals surface area contributed by atoms with Gasteiger partial charge in [0.05, 0.1) is 16.6 Å². The van der Waals surface area contributed by atoms with Crippen LogP contribution in [0, 0.1) is 0 Å². The van der Waals surface area contributed by atoms with Gasteiger partial charge in [-0.15, -0.1) is 0 Å². The van der Waals surface area contributed by atoms with Crippen molar-refractivity contribution in [1.29, 1.82) is 0 Å². The number of rotatable bonds is 1. The zero-order valence-corrected chi connectivity index (χ0v) is 10.1. The van der Waals surface area contributed by atoms with Crippen molar-refractivity contribution in [2.24, 2.45) is 0 Å². The fourth-order valence-electron chi connectivity index (χ4n) is 1.48. The molecule has 0 aliphatic rings. The van der Waals surface area contributed by atoms with Gasteiger partial charge in [-0.3, -0.25) is 9.97 Å². The summed E-state index contributed by atoms with van der Waals surface area (Å²) in [5.41, 5.74) is 2.23. The number of aromatic nitrogens is 2. The number of carboxylic acids is 1. The third-order valence-corrected chi connectivity index (χ3v) is 2.39. The normalized spacial score (nSPS) is 9.47. The monoisotopic (exact) mass is 252 g/mol. The quantitative estimate of drug-likeness (QED) is 0.723. The number of hydrogen-bond acceptors (Lipinski definition) is 3. The second kappa shape index (κ2) is 6.26. The van der Waals surface area contributed by atoms with Crippen LogP contribution in [0.4, 0.5) is 0 Å². The minimum absolute atomic E-state index is 0.331. The number of benzene rings is 1. The molecule has 0 unspecified atom stereocenters. The van der Waals surface area contributed by atoms with Gasteiger partial charge in [0.2, 0.25) is 0 Å². The van der Waals surface area contributed by atoms with Crippen LogP contribution in [0.25, 0.3) is 11.0 Å². The van der Waals surface area contributed by atoms with Crippen molar-refractivity contribution in [3.8, 4) is 0 Å². The molecule has 4 heteroatoms. The van der Waals surface area contributed by atoms with E-state index >= 15 is 0 Å². The summed E-state index contributed by atoms with van der Waals surface area (Å²) in [5, 5.41) is 8.38. The van der Waals surface area contributed by atoms with Gasteiger partial charge >= 0.3 is 5.97 Å². The molecule has 1 aromatic carbocycles. The summed E-state index contributed by atoms with van der Waals surface area (Å²) in [7, 11) is 0. The predicted molar refractivity (Wildman–Crippen MR) is 72.9 cm³/mol. The van der Waals surface area contributed by atoms with Crippen molar-refractivity contribution in [2.75, 3.05) is 0 Å². The lowest BCUT2D eigenvalue weighted by Crippen LogP contribution is -1.93. The highest BCUT2D eigenvalue weighted by molar-refractivity contribution is 5.87. The molecule has 1 N–H and O–H groups in total. The molecule has 0 bridgehead atoms. The van der Waals surface area contributed by atoms with Gasteiger partial charge in [0.15, 0.2) is 0 Å². The first kappa shape index (κ1) is 12.7. The molecule has 3 rings (SSSR count). The van der Waals surface area contributed by atoms with E-state index in [-0.39, 0.29) is 0 Å². The van der Waals surface area contributed by atoms with E-state index in [2.05, 4.69) is 9.97 Å². The van der Waals surface area contributed by atoms with Crippen LogP contribution in [0.3, 0.4) is 0 Å². The Labute approximate surface area is 110 Å². The maximum atomic E-state index is 10.2. The van der Waals surface area contributed by atoms with E-state index in [0.717, 1.165) is 11.0 Å². The van der Waals surface area contributed by atoms with E-state index in [9.17, 15) is 4.79 Å². The Morgan fingerprint density at radius 1 is 0.789 bits per heavy atom. The lowest BCUT2D eigenvalue weighted by atomic mass is 10.2. The van der Waals surface area contributed by atoms with Gasteiger partial charge in [0.1, 0.15) is 0 Å². The van der Waals surface area contributed by atoms with Crippen molar-refractivity contribution >= 4 is 17.0 Å². The van der Waals surface area contributed by atoms with E-state index in [1.54, 1.807) is 42.7 Å². The Morgan fingerprint density at radius 2 is 1.32 bits per heavy atom. The van der Waals surface area contributed by atoms with Gasteiger partial charge in [0, 0.05) is 12.4 Å². The molecule has 0 atom stereocenters. The molecule has 0 saturated carbocycles. The van der Waals surface area contributed by atoms with Crippen LogP contribution in [0.15, 0.2) is 67.0 Å². The van der Waals surface area contributed by atoms with Crippen LogP contribution in [0.5, 0.6) is 0 Å². The summed E-state index contributed by atoms with van der Waals surface area (Å²) in [5.74, 6) is -0.879. The summed E-state index contributed by atoms with van der Waals surface area (Å²) in [6.45, 7) is 0. The molecule has 0 amide bonds. The zero-order valence-electron chi connectivity index (χ0n) is 10.1. The fourth-order valence-corrected chi connectivity index (χ4v) is 1.48. The minimum Gasteiger partial charge on any atom is -0.478 e. The van der Waals surface area contributed by atoms with E-state index in [1.807, 2.05) is 24.3 Å². The first-order chi connectivity index (χ1) is 9.27. The maximum Gasteiger partial charge on any atom is 0.335 e. The molecule has 2 heterocycles.